The number of carboxylic acids is 1. The van der Waals surface area contributed by atoms with Crippen LogP contribution in [0.25, 0.3) is 5.57 Å². The van der Waals surface area contributed by atoms with Gasteiger partial charge in [-0.25, -0.2) is 0 Å². The lowest BCUT2D eigenvalue weighted by atomic mass is 10.0. The van der Waals surface area contributed by atoms with Crippen LogP contribution in [0.3, 0.4) is 0 Å². The number of carboxylic acid groups (broad SMARTS) is 1. The summed E-state index contributed by atoms with van der Waals surface area (Å²) in [5.74, 6) is -0.726. The molecule has 1 aromatic carbocycles. The van der Waals surface area contributed by atoms with E-state index in [-0.39, 0.29) is 6.42 Å². The second kappa shape index (κ2) is 5.83. The molecule has 0 heterocycles. The van der Waals surface area contributed by atoms with Crippen molar-refractivity contribution in [1.29, 1.82) is 0 Å². The van der Waals surface area contributed by atoms with Crippen molar-refractivity contribution in [1.82, 2.24) is 0 Å². The zero-order valence-corrected chi connectivity index (χ0v) is 10.3. The molecule has 2 N–H and O–H groups in total. The van der Waals surface area contributed by atoms with E-state index in [9.17, 15) is 9.90 Å². The van der Waals surface area contributed by atoms with Gasteiger partial charge in [-0.15, -0.1) is 0 Å². The summed E-state index contributed by atoms with van der Waals surface area (Å²) in [7, 11) is 0. The molecule has 3 heteroatoms. The lowest BCUT2D eigenvalue weighted by Crippen LogP contribution is -1.93. The SMILES string of the molecule is O=C(O)CCCCCC1=CC(O)c2ccccc21. The molecule has 0 spiro atoms. The van der Waals surface area contributed by atoms with Crippen molar-refractivity contribution < 1.29 is 15.0 Å². The summed E-state index contributed by atoms with van der Waals surface area (Å²) in [5.41, 5.74) is 3.31. The zero-order valence-electron chi connectivity index (χ0n) is 10.3. The number of hydrogen-bond donors (Lipinski definition) is 2. The average molecular weight is 246 g/mol. The van der Waals surface area contributed by atoms with Crippen LogP contribution >= 0.6 is 0 Å². The summed E-state index contributed by atoms with van der Waals surface area (Å²) < 4.78 is 0. The monoisotopic (exact) mass is 246 g/mol. The maximum atomic E-state index is 10.4. The van der Waals surface area contributed by atoms with Gasteiger partial charge in [-0.05, 0) is 42.0 Å². The molecule has 1 aliphatic rings. The van der Waals surface area contributed by atoms with Crippen LogP contribution in [-0.4, -0.2) is 16.2 Å². The van der Waals surface area contributed by atoms with Crippen molar-refractivity contribution in [3.05, 3.63) is 41.5 Å². The Bertz CT molecular complexity index is 463. The Balaban J connectivity index is 1.84. The minimum Gasteiger partial charge on any atom is -0.481 e. The molecule has 0 saturated carbocycles. The van der Waals surface area contributed by atoms with Crippen LogP contribution in [-0.2, 0) is 4.79 Å². The Labute approximate surface area is 107 Å². The van der Waals surface area contributed by atoms with Gasteiger partial charge in [0.2, 0.25) is 0 Å². The number of rotatable bonds is 6. The molecule has 18 heavy (non-hydrogen) atoms. The highest BCUT2D eigenvalue weighted by molar-refractivity contribution is 5.74. The third-order valence-electron chi connectivity index (χ3n) is 3.32. The number of carbonyl (C=O) groups is 1. The van der Waals surface area contributed by atoms with Gasteiger partial charge < -0.3 is 10.2 Å². The van der Waals surface area contributed by atoms with Gasteiger partial charge in [-0.1, -0.05) is 30.7 Å². The number of aliphatic hydroxyl groups excluding tert-OH is 1. The molecule has 3 nitrogen and oxygen atoms in total. The Morgan fingerprint density at radius 3 is 2.72 bits per heavy atom. The van der Waals surface area contributed by atoms with Crippen molar-refractivity contribution in [2.24, 2.45) is 0 Å². The summed E-state index contributed by atoms with van der Waals surface area (Å²) in [4.78, 5) is 10.4. The summed E-state index contributed by atoms with van der Waals surface area (Å²) in [6, 6.07) is 7.91. The predicted molar refractivity (Wildman–Crippen MR) is 70.1 cm³/mol. The first kappa shape index (κ1) is 12.8. The van der Waals surface area contributed by atoms with E-state index in [4.69, 9.17) is 5.11 Å². The van der Waals surface area contributed by atoms with E-state index in [1.165, 1.54) is 5.57 Å². The number of aliphatic carboxylic acids is 1. The number of aliphatic hydroxyl groups is 1. The molecule has 0 amide bonds. The van der Waals surface area contributed by atoms with Gasteiger partial charge in [-0.2, -0.15) is 0 Å². The molecule has 1 aromatic rings. The van der Waals surface area contributed by atoms with Gasteiger partial charge in [0.15, 0.2) is 0 Å². The van der Waals surface area contributed by atoms with Crippen molar-refractivity contribution >= 4 is 11.5 Å². The zero-order chi connectivity index (χ0) is 13.0. The molecule has 0 aromatic heterocycles. The Kier molecular flexibility index (Phi) is 4.15. The minimum atomic E-state index is -0.726. The fraction of sp³-hybridized carbons (Fsp3) is 0.400. The third-order valence-corrected chi connectivity index (χ3v) is 3.32. The van der Waals surface area contributed by atoms with Crippen LogP contribution in [0.1, 0.15) is 49.3 Å². The molecule has 0 fully saturated rings. The van der Waals surface area contributed by atoms with Crippen molar-refractivity contribution in [3.63, 3.8) is 0 Å². The van der Waals surface area contributed by atoms with E-state index < -0.39 is 12.1 Å². The first-order valence-corrected chi connectivity index (χ1v) is 6.38. The van der Waals surface area contributed by atoms with E-state index in [0.717, 1.165) is 36.8 Å². The highest BCUT2D eigenvalue weighted by atomic mass is 16.4. The van der Waals surface area contributed by atoms with E-state index in [0.29, 0.717) is 0 Å². The summed E-state index contributed by atoms with van der Waals surface area (Å²) in [5, 5.41) is 18.4. The van der Waals surface area contributed by atoms with E-state index >= 15 is 0 Å². The van der Waals surface area contributed by atoms with Gasteiger partial charge in [0.25, 0.3) is 0 Å². The Morgan fingerprint density at radius 2 is 1.94 bits per heavy atom. The smallest absolute Gasteiger partial charge is 0.303 e. The van der Waals surface area contributed by atoms with Crippen LogP contribution in [0.15, 0.2) is 30.3 Å². The fourth-order valence-corrected chi connectivity index (χ4v) is 2.40. The summed E-state index contributed by atoms with van der Waals surface area (Å²) in [6.07, 6.45) is 5.21. The van der Waals surface area contributed by atoms with E-state index in [1.54, 1.807) is 0 Å². The van der Waals surface area contributed by atoms with E-state index in [1.807, 2.05) is 30.3 Å². The summed E-state index contributed by atoms with van der Waals surface area (Å²) in [6.45, 7) is 0. The molecular formula is C15H18O3. The molecular weight excluding hydrogens is 228 g/mol. The van der Waals surface area contributed by atoms with Crippen molar-refractivity contribution in [2.45, 2.75) is 38.2 Å². The first-order valence-electron chi connectivity index (χ1n) is 6.38. The largest absolute Gasteiger partial charge is 0.481 e. The molecule has 1 aliphatic carbocycles. The third kappa shape index (κ3) is 2.99. The molecule has 0 aliphatic heterocycles. The second-order valence-corrected chi connectivity index (χ2v) is 4.68. The van der Waals surface area contributed by atoms with Gasteiger partial charge in [-0.3, -0.25) is 4.79 Å². The van der Waals surface area contributed by atoms with Gasteiger partial charge in [0.05, 0.1) is 6.10 Å². The lowest BCUT2D eigenvalue weighted by molar-refractivity contribution is -0.137. The molecule has 0 bridgehead atoms. The van der Waals surface area contributed by atoms with Crippen LogP contribution in [0, 0.1) is 0 Å². The fourth-order valence-electron chi connectivity index (χ4n) is 2.40. The van der Waals surface area contributed by atoms with Gasteiger partial charge in [0, 0.05) is 6.42 Å². The number of unbranched alkanes of at least 4 members (excludes halogenated alkanes) is 2. The van der Waals surface area contributed by atoms with Crippen LogP contribution < -0.4 is 0 Å². The maximum absolute atomic E-state index is 10.4. The standard InChI is InChI=1S/C15H18O3/c16-14-10-11(6-2-1-3-9-15(17)18)12-7-4-5-8-13(12)14/h4-5,7-8,10,14,16H,1-3,6,9H2,(H,17,18). The molecule has 1 atom stereocenters. The summed E-state index contributed by atoms with van der Waals surface area (Å²) >= 11 is 0. The van der Waals surface area contributed by atoms with Crippen LogP contribution in [0.4, 0.5) is 0 Å². The molecule has 2 rings (SSSR count). The van der Waals surface area contributed by atoms with Crippen LogP contribution in [0.5, 0.6) is 0 Å². The quantitative estimate of drug-likeness (QED) is 0.758. The number of benzene rings is 1. The van der Waals surface area contributed by atoms with Gasteiger partial charge in [0.1, 0.15) is 0 Å². The van der Waals surface area contributed by atoms with Crippen LogP contribution in [0.2, 0.25) is 0 Å². The lowest BCUT2D eigenvalue weighted by Gasteiger charge is -2.05. The second-order valence-electron chi connectivity index (χ2n) is 4.68. The minimum absolute atomic E-state index is 0.248. The van der Waals surface area contributed by atoms with E-state index in [2.05, 4.69) is 0 Å². The molecule has 0 saturated heterocycles. The highest BCUT2D eigenvalue weighted by Gasteiger charge is 2.19. The van der Waals surface area contributed by atoms with Gasteiger partial charge >= 0.3 is 5.97 Å². The number of hydrogen-bond acceptors (Lipinski definition) is 2. The highest BCUT2D eigenvalue weighted by Crippen LogP contribution is 2.36. The Hall–Kier alpha value is -1.61. The normalized spacial score (nSPS) is 17.4. The molecule has 1 unspecified atom stereocenters. The Morgan fingerprint density at radius 1 is 1.17 bits per heavy atom. The molecule has 0 radical (unpaired) electrons. The van der Waals surface area contributed by atoms with Crippen molar-refractivity contribution in [2.75, 3.05) is 0 Å². The average Bonchev–Trinajstić information content (AvgIpc) is 2.66. The molecule has 96 valence electrons. The maximum Gasteiger partial charge on any atom is 0.303 e. The topological polar surface area (TPSA) is 57.5 Å². The number of fused-ring (bicyclic) bond motifs is 1. The first-order chi connectivity index (χ1) is 8.68. The van der Waals surface area contributed by atoms with Crippen molar-refractivity contribution in [3.8, 4) is 0 Å². The number of allylic oxidation sites excluding steroid dienone is 1. The predicted octanol–water partition coefficient (Wildman–Crippen LogP) is 3.15.